The molecule has 0 aliphatic rings. The van der Waals surface area contributed by atoms with Gasteiger partial charge in [0.15, 0.2) is 0 Å². The third-order valence-electron chi connectivity index (χ3n) is 4.03. The molecule has 3 rings (SSSR count). The molecule has 3 aromatic rings. The van der Waals surface area contributed by atoms with Crippen molar-refractivity contribution in [2.45, 2.75) is 12.5 Å². The van der Waals surface area contributed by atoms with Crippen LogP contribution in [-0.2, 0) is 11.2 Å². The van der Waals surface area contributed by atoms with E-state index in [2.05, 4.69) is 5.32 Å². The van der Waals surface area contributed by atoms with E-state index in [9.17, 15) is 18.4 Å². The lowest BCUT2D eigenvalue weighted by Crippen LogP contribution is -2.45. The van der Waals surface area contributed by atoms with Crippen molar-refractivity contribution in [1.82, 2.24) is 5.32 Å². The van der Waals surface area contributed by atoms with E-state index in [4.69, 9.17) is 5.73 Å². The Kier molecular flexibility index (Phi) is 4.93. The van der Waals surface area contributed by atoms with Gasteiger partial charge in [-0.3, -0.25) is 9.59 Å². The first-order valence-corrected chi connectivity index (χ1v) is 7.96. The lowest BCUT2D eigenvalue weighted by atomic mass is 10.0. The summed E-state index contributed by atoms with van der Waals surface area (Å²) in [5.74, 6) is -3.25. The van der Waals surface area contributed by atoms with E-state index in [0.29, 0.717) is 6.07 Å². The number of hydrogen-bond acceptors (Lipinski definition) is 2. The molecule has 4 nitrogen and oxygen atoms in total. The zero-order valence-electron chi connectivity index (χ0n) is 13.7. The molecule has 3 N–H and O–H groups in total. The van der Waals surface area contributed by atoms with Gasteiger partial charge in [-0.2, -0.15) is 0 Å². The molecule has 0 aliphatic carbocycles. The first kappa shape index (κ1) is 17.5. The summed E-state index contributed by atoms with van der Waals surface area (Å²) in [6, 6.07) is 14.8. The number of hydrogen-bond donors (Lipinski definition) is 2. The van der Waals surface area contributed by atoms with Crippen LogP contribution in [0.5, 0.6) is 0 Å². The van der Waals surface area contributed by atoms with Crippen LogP contribution in [0.15, 0.2) is 60.7 Å². The van der Waals surface area contributed by atoms with Gasteiger partial charge in [0.25, 0.3) is 5.91 Å². The summed E-state index contributed by atoms with van der Waals surface area (Å²) in [4.78, 5) is 23.9. The molecular weight excluding hydrogens is 338 g/mol. The fraction of sp³-hybridized carbons (Fsp3) is 0.100. The molecule has 0 aromatic heterocycles. The van der Waals surface area contributed by atoms with Gasteiger partial charge in [0.05, 0.1) is 0 Å². The summed E-state index contributed by atoms with van der Waals surface area (Å²) in [7, 11) is 0. The Morgan fingerprint density at radius 1 is 0.923 bits per heavy atom. The van der Waals surface area contributed by atoms with Gasteiger partial charge in [-0.25, -0.2) is 8.78 Å². The van der Waals surface area contributed by atoms with Crippen LogP contribution in [0.3, 0.4) is 0 Å². The molecule has 26 heavy (non-hydrogen) atoms. The minimum atomic E-state index is -1.00. The van der Waals surface area contributed by atoms with Crippen molar-refractivity contribution >= 4 is 22.6 Å². The molecular formula is C20H16F2N2O2. The zero-order chi connectivity index (χ0) is 18.7. The monoisotopic (exact) mass is 354 g/mol. The SMILES string of the molecule is NC(=O)[C@@H](Cc1ccc2ccccc2c1)NC(=O)c1cc(F)cc(F)c1. The summed E-state index contributed by atoms with van der Waals surface area (Å²) < 4.78 is 26.5. The third-order valence-corrected chi connectivity index (χ3v) is 4.03. The zero-order valence-corrected chi connectivity index (χ0v) is 13.7. The Labute approximate surface area is 148 Å². The highest BCUT2D eigenvalue weighted by molar-refractivity contribution is 5.97. The van der Waals surface area contributed by atoms with Crippen LogP contribution in [0.25, 0.3) is 10.8 Å². The predicted octanol–water partition coefficient (Wildman–Crippen LogP) is 2.94. The van der Waals surface area contributed by atoms with Gasteiger partial charge in [0.1, 0.15) is 17.7 Å². The summed E-state index contributed by atoms with van der Waals surface area (Å²) in [6.07, 6.45) is 0.170. The second-order valence-electron chi connectivity index (χ2n) is 5.97. The molecule has 0 radical (unpaired) electrons. The molecule has 0 unspecified atom stereocenters. The summed E-state index contributed by atoms with van der Waals surface area (Å²) in [5, 5.41) is 4.48. The standard InChI is InChI=1S/C20H16F2N2O2/c21-16-9-15(10-17(22)11-16)20(26)24-18(19(23)25)8-12-5-6-13-3-1-2-4-14(13)7-12/h1-7,9-11,18H,8H2,(H2,23,25)(H,24,26)/t18-/m1/s1. The van der Waals surface area contributed by atoms with Crippen LogP contribution in [0.2, 0.25) is 0 Å². The fourth-order valence-electron chi connectivity index (χ4n) is 2.75. The van der Waals surface area contributed by atoms with Crippen LogP contribution >= 0.6 is 0 Å². The smallest absolute Gasteiger partial charge is 0.252 e. The molecule has 1 atom stereocenters. The molecule has 0 aliphatic heterocycles. The molecule has 0 bridgehead atoms. The summed E-state index contributed by atoms with van der Waals surface area (Å²) in [6.45, 7) is 0. The van der Waals surface area contributed by atoms with Crippen LogP contribution in [0.4, 0.5) is 8.78 Å². The third kappa shape index (κ3) is 4.03. The van der Waals surface area contributed by atoms with Crippen LogP contribution in [-0.4, -0.2) is 17.9 Å². The normalized spacial score (nSPS) is 11.9. The van der Waals surface area contributed by atoms with E-state index in [-0.39, 0.29) is 12.0 Å². The van der Waals surface area contributed by atoms with E-state index >= 15 is 0 Å². The van der Waals surface area contributed by atoms with E-state index < -0.39 is 29.5 Å². The molecule has 6 heteroatoms. The Bertz CT molecular complexity index is 968. The molecule has 132 valence electrons. The highest BCUT2D eigenvalue weighted by Crippen LogP contribution is 2.17. The number of amides is 2. The average molecular weight is 354 g/mol. The highest BCUT2D eigenvalue weighted by atomic mass is 19.1. The molecule has 2 amide bonds. The minimum absolute atomic E-state index is 0.170. The van der Waals surface area contributed by atoms with Crippen molar-refractivity contribution in [1.29, 1.82) is 0 Å². The lowest BCUT2D eigenvalue weighted by molar-refractivity contribution is -0.119. The second-order valence-corrected chi connectivity index (χ2v) is 5.97. The Morgan fingerprint density at radius 3 is 2.23 bits per heavy atom. The fourth-order valence-corrected chi connectivity index (χ4v) is 2.75. The first-order chi connectivity index (χ1) is 12.4. The van der Waals surface area contributed by atoms with Crippen molar-refractivity contribution in [2.24, 2.45) is 5.73 Å². The maximum absolute atomic E-state index is 13.3. The van der Waals surface area contributed by atoms with Crippen LogP contribution in [0.1, 0.15) is 15.9 Å². The maximum atomic E-state index is 13.3. The Hall–Kier alpha value is -3.28. The number of carbonyl (C=O) groups excluding carboxylic acids is 2. The molecule has 0 saturated carbocycles. The number of primary amides is 1. The summed E-state index contributed by atoms with van der Waals surface area (Å²) >= 11 is 0. The number of rotatable bonds is 5. The number of halogens is 2. The number of nitrogens with two attached hydrogens (primary N) is 1. The van der Waals surface area contributed by atoms with Crippen molar-refractivity contribution in [3.63, 3.8) is 0 Å². The van der Waals surface area contributed by atoms with E-state index in [0.717, 1.165) is 28.5 Å². The number of nitrogens with one attached hydrogen (secondary N) is 1. The van der Waals surface area contributed by atoms with E-state index in [1.165, 1.54) is 0 Å². The van der Waals surface area contributed by atoms with Crippen LogP contribution in [0, 0.1) is 11.6 Å². The highest BCUT2D eigenvalue weighted by Gasteiger charge is 2.20. The van der Waals surface area contributed by atoms with Crippen LogP contribution < -0.4 is 11.1 Å². The van der Waals surface area contributed by atoms with Crippen molar-refractivity contribution in [3.05, 3.63) is 83.4 Å². The molecule has 0 saturated heterocycles. The molecule has 0 heterocycles. The van der Waals surface area contributed by atoms with Gasteiger partial charge in [-0.15, -0.1) is 0 Å². The average Bonchev–Trinajstić information content (AvgIpc) is 2.60. The van der Waals surface area contributed by atoms with Gasteiger partial charge in [-0.05, 0) is 28.5 Å². The number of benzene rings is 3. The van der Waals surface area contributed by atoms with Gasteiger partial charge in [0, 0.05) is 18.1 Å². The predicted molar refractivity (Wildman–Crippen MR) is 94.5 cm³/mol. The lowest BCUT2D eigenvalue weighted by Gasteiger charge is -2.16. The van der Waals surface area contributed by atoms with Gasteiger partial charge >= 0.3 is 0 Å². The molecule has 0 fully saturated rings. The Balaban J connectivity index is 1.80. The van der Waals surface area contributed by atoms with E-state index in [1.54, 1.807) is 0 Å². The quantitative estimate of drug-likeness (QED) is 0.739. The largest absolute Gasteiger partial charge is 0.368 e. The van der Waals surface area contributed by atoms with E-state index in [1.807, 2.05) is 42.5 Å². The van der Waals surface area contributed by atoms with Crippen molar-refractivity contribution < 1.29 is 18.4 Å². The van der Waals surface area contributed by atoms with Gasteiger partial charge in [-0.1, -0.05) is 42.5 Å². The van der Waals surface area contributed by atoms with Crippen molar-refractivity contribution in [3.8, 4) is 0 Å². The molecule has 0 spiro atoms. The Morgan fingerprint density at radius 2 is 1.58 bits per heavy atom. The van der Waals surface area contributed by atoms with Crippen molar-refractivity contribution in [2.75, 3.05) is 0 Å². The van der Waals surface area contributed by atoms with Gasteiger partial charge < -0.3 is 11.1 Å². The van der Waals surface area contributed by atoms with Gasteiger partial charge in [0.2, 0.25) is 5.91 Å². The maximum Gasteiger partial charge on any atom is 0.252 e. The number of carbonyl (C=O) groups is 2. The topological polar surface area (TPSA) is 72.2 Å². The first-order valence-electron chi connectivity index (χ1n) is 7.96. The second kappa shape index (κ2) is 7.31. The summed E-state index contributed by atoms with van der Waals surface area (Å²) in [5.41, 5.74) is 5.97. The molecule has 3 aromatic carbocycles. The number of fused-ring (bicyclic) bond motifs is 1. The minimum Gasteiger partial charge on any atom is -0.368 e.